The Hall–Kier alpha value is -3.08. The van der Waals surface area contributed by atoms with Gasteiger partial charge in [0.15, 0.2) is 0 Å². The number of anilines is 1. The van der Waals surface area contributed by atoms with Crippen LogP contribution in [0.5, 0.6) is 11.5 Å². The average molecular weight is 308 g/mol. The predicted octanol–water partition coefficient (Wildman–Crippen LogP) is 3.50. The molecular weight excluding hydrogens is 292 g/mol. The van der Waals surface area contributed by atoms with Gasteiger partial charge in [0.2, 0.25) is 0 Å². The first kappa shape index (κ1) is 14.8. The summed E-state index contributed by atoms with van der Waals surface area (Å²) >= 11 is 0. The fourth-order valence-corrected chi connectivity index (χ4v) is 2.26. The van der Waals surface area contributed by atoms with E-state index in [1.165, 1.54) is 0 Å². The summed E-state index contributed by atoms with van der Waals surface area (Å²) in [6, 6.07) is 16.4. The maximum atomic E-state index is 12.4. The zero-order chi connectivity index (χ0) is 16.2. The van der Waals surface area contributed by atoms with E-state index >= 15 is 0 Å². The molecule has 1 amide bonds. The van der Waals surface area contributed by atoms with E-state index < -0.39 is 0 Å². The molecule has 0 spiro atoms. The van der Waals surface area contributed by atoms with Crippen molar-refractivity contribution in [3.63, 3.8) is 0 Å². The van der Waals surface area contributed by atoms with E-state index in [0.29, 0.717) is 22.9 Å². The highest BCUT2D eigenvalue weighted by Gasteiger charge is 2.11. The molecule has 0 saturated heterocycles. The number of para-hydroxylation sites is 1. The summed E-state index contributed by atoms with van der Waals surface area (Å²) in [6.07, 6.45) is 0. The van der Waals surface area contributed by atoms with Crippen molar-refractivity contribution in [1.82, 2.24) is 4.98 Å². The summed E-state index contributed by atoms with van der Waals surface area (Å²) < 4.78 is 10.4. The monoisotopic (exact) mass is 308 g/mol. The van der Waals surface area contributed by atoms with Gasteiger partial charge in [-0.2, -0.15) is 0 Å². The molecule has 0 aliphatic heterocycles. The summed E-state index contributed by atoms with van der Waals surface area (Å²) in [5.41, 5.74) is 1.27. The van der Waals surface area contributed by atoms with Crippen LogP contribution in [0.2, 0.25) is 0 Å². The normalized spacial score (nSPS) is 10.3. The number of hydrogen-bond donors (Lipinski definition) is 1. The zero-order valence-corrected chi connectivity index (χ0v) is 12.9. The Morgan fingerprint density at radius 1 is 0.957 bits per heavy atom. The molecule has 0 unspecified atom stereocenters. The number of aromatic nitrogens is 1. The minimum atomic E-state index is -0.273. The van der Waals surface area contributed by atoms with Crippen LogP contribution in [0.25, 0.3) is 10.9 Å². The molecule has 0 saturated carbocycles. The molecule has 116 valence electrons. The van der Waals surface area contributed by atoms with Gasteiger partial charge < -0.3 is 14.8 Å². The molecule has 0 atom stereocenters. The number of rotatable bonds is 4. The van der Waals surface area contributed by atoms with Crippen molar-refractivity contribution < 1.29 is 14.3 Å². The van der Waals surface area contributed by atoms with Crippen molar-refractivity contribution in [3.8, 4) is 11.5 Å². The van der Waals surface area contributed by atoms with Gasteiger partial charge in [-0.25, -0.2) is 4.98 Å². The van der Waals surface area contributed by atoms with Crippen molar-refractivity contribution in [3.05, 3.63) is 60.2 Å². The fourth-order valence-electron chi connectivity index (χ4n) is 2.26. The minimum absolute atomic E-state index is 0.273. The first-order valence-corrected chi connectivity index (χ1v) is 7.10. The van der Waals surface area contributed by atoms with Crippen molar-refractivity contribution in [2.24, 2.45) is 0 Å². The largest absolute Gasteiger partial charge is 0.497 e. The maximum absolute atomic E-state index is 12.4. The standard InChI is InChI=1S/C18H16N2O3/c1-22-14-9-13(10-15(11-14)23-2)18(21)20-17-8-7-12-5-3-4-6-16(12)19-17/h3-11H,1-2H3,(H,19,20,21). The van der Waals surface area contributed by atoms with Gasteiger partial charge in [0.25, 0.3) is 5.91 Å². The molecule has 0 bridgehead atoms. The number of fused-ring (bicyclic) bond motifs is 1. The van der Waals surface area contributed by atoms with Gasteiger partial charge in [0.1, 0.15) is 17.3 Å². The zero-order valence-electron chi connectivity index (χ0n) is 12.9. The predicted molar refractivity (Wildman–Crippen MR) is 89.2 cm³/mol. The van der Waals surface area contributed by atoms with Crippen LogP contribution in [-0.4, -0.2) is 25.1 Å². The van der Waals surface area contributed by atoms with E-state index in [1.807, 2.05) is 30.3 Å². The van der Waals surface area contributed by atoms with Crippen molar-refractivity contribution >= 4 is 22.6 Å². The highest BCUT2D eigenvalue weighted by molar-refractivity contribution is 6.04. The lowest BCUT2D eigenvalue weighted by Crippen LogP contribution is -2.13. The molecule has 1 aromatic heterocycles. The van der Waals surface area contributed by atoms with Gasteiger partial charge >= 0.3 is 0 Å². The SMILES string of the molecule is COc1cc(OC)cc(C(=O)Nc2ccc3ccccc3n2)c1. The minimum Gasteiger partial charge on any atom is -0.497 e. The Kier molecular flexibility index (Phi) is 4.10. The lowest BCUT2D eigenvalue weighted by atomic mass is 10.2. The number of benzene rings is 2. The summed E-state index contributed by atoms with van der Waals surface area (Å²) in [5.74, 6) is 1.34. The van der Waals surface area contributed by atoms with Crippen molar-refractivity contribution in [1.29, 1.82) is 0 Å². The second-order valence-corrected chi connectivity index (χ2v) is 4.94. The number of ether oxygens (including phenoxy) is 2. The van der Waals surface area contributed by atoms with E-state index in [4.69, 9.17) is 9.47 Å². The second-order valence-electron chi connectivity index (χ2n) is 4.94. The van der Waals surface area contributed by atoms with Crippen molar-refractivity contribution in [2.75, 3.05) is 19.5 Å². The molecule has 3 rings (SSSR count). The number of carbonyl (C=O) groups is 1. The van der Waals surface area contributed by atoms with Crippen LogP contribution in [0.3, 0.4) is 0 Å². The molecule has 5 heteroatoms. The Bertz CT molecular complexity index is 840. The number of carbonyl (C=O) groups excluding carboxylic acids is 1. The molecule has 5 nitrogen and oxygen atoms in total. The number of pyridine rings is 1. The molecular formula is C18H16N2O3. The van der Waals surface area contributed by atoms with Crippen molar-refractivity contribution in [2.45, 2.75) is 0 Å². The molecule has 0 aliphatic carbocycles. The Balaban J connectivity index is 1.88. The van der Waals surface area contributed by atoms with Gasteiger partial charge in [-0.3, -0.25) is 4.79 Å². The lowest BCUT2D eigenvalue weighted by Gasteiger charge is -2.09. The van der Waals surface area contributed by atoms with Crippen LogP contribution >= 0.6 is 0 Å². The van der Waals surface area contributed by atoms with Gasteiger partial charge in [-0.15, -0.1) is 0 Å². The third-order valence-corrected chi connectivity index (χ3v) is 3.45. The highest BCUT2D eigenvalue weighted by atomic mass is 16.5. The third kappa shape index (κ3) is 3.23. The fraction of sp³-hybridized carbons (Fsp3) is 0.111. The topological polar surface area (TPSA) is 60.5 Å². The summed E-state index contributed by atoms with van der Waals surface area (Å²) in [4.78, 5) is 16.9. The van der Waals surface area contributed by atoms with E-state index in [2.05, 4.69) is 10.3 Å². The summed E-state index contributed by atoms with van der Waals surface area (Å²) in [5, 5.41) is 3.81. The number of amides is 1. The van der Waals surface area contributed by atoms with Gasteiger partial charge in [-0.1, -0.05) is 18.2 Å². The first-order chi connectivity index (χ1) is 11.2. The third-order valence-electron chi connectivity index (χ3n) is 3.45. The first-order valence-electron chi connectivity index (χ1n) is 7.10. The Labute approximate surface area is 133 Å². The highest BCUT2D eigenvalue weighted by Crippen LogP contribution is 2.23. The van der Waals surface area contributed by atoms with Crippen LogP contribution in [-0.2, 0) is 0 Å². The van der Waals surface area contributed by atoms with Gasteiger partial charge in [0, 0.05) is 17.0 Å². The molecule has 2 aromatic carbocycles. The summed E-state index contributed by atoms with van der Waals surface area (Å²) in [6.45, 7) is 0. The van der Waals surface area contributed by atoms with Crippen LogP contribution < -0.4 is 14.8 Å². The molecule has 0 fully saturated rings. The Morgan fingerprint density at radius 2 is 1.65 bits per heavy atom. The summed E-state index contributed by atoms with van der Waals surface area (Å²) in [7, 11) is 3.09. The molecule has 3 aromatic rings. The van der Waals surface area contributed by atoms with Crippen LogP contribution in [0.1, 0.15) is 10.4 Å². The number of nitrogens with one attached hydrogen (secondary N) is 1. The van der Waals surface area contributed by atoms with Crippen LogP contribution in [0, 0.1) is 0 Å². The Morgan fingerprint density at radius 3 is 2.35 bits per heavy atom. The van der Waals surface area contributed by atoms with Crippen LogP contribution in [0.4, 0.5) is 5.82 Å². The van der Waals surface area contributed by atoms with Gasteiger partial charge in [0.05, 0.1) is 19.7 Å². The van der Waals surface area contributed by atoms with Crippen LogP contribution in [0.15, 0.2) is 54.6 Å². The molecule has 0 radical (unpaired) electrons. The quantitative estimate of drug-likeness (QED) is 0.801. The smallest absolute Gasteiger partial charge is 0.257 e. The van der Waals surface area contributed by atoms with E-state index in [0.717, 1.165) is 10.9 Å². The number of hydrogen-bond acceptors (Lipinski definition) is 4. The van der Waals surface area contributed by atoms with E-state index in [1.54, 1.807) is 38.5 Å². The lowest BCUT2D eigenvalue weighted by molar-refractivity contribution is 0.102. The number of nitrogens with zero attached hydrogens (tertiary/aromatic N) is 1. The van der Waals surface area contributed by atoms with Gasteiger partial charge in [-0.05, 0) is 30.3 Å². The number of methoxy groups -OCH3 is 2. The molecule has 0 aliphatic rings. The molecule has 23 heavy (non-hydrogen) atoms. The molecule has 1 N–H and O–H groups in total. The van der Waals surface area contributed by atoms with E-state index in [9.17, 15) is 4.79 Å². The average Bonchev–Trinajstić information content (AvgIpc) is 2.61. The second kappa shape index (κ2) is 6.36. The maximum Gasteiger partial charge on any atom is 0.257 e. The van der Waals surface area contributed by atoms with E-state index in [-0.39, 0.29) is 5.91 Å². The molecule has 1 heterocycles.